The van der Waals surface area contributed by atoms with E-state index >= 15 is 0 Å². The van der Waals surface area contributed by atoms with Crippen molar-refractivity contribution < 1.29 is 29.0 Å². The number of hydrogen-bond donors (Lipinski definition) is 0. The number of rotatable bonds is 6. The van der Waals surface area contributed by atoms with Crippen molar-refractivity contribution in [3.63, 3.8) is 0 Å². The summed E-state index contributed by atoms with van der Waals surface area (Å²) in [5, 5.41) is 0. The zero-order chi connectivity index (χ0) is 10.4. The first-order valence-electron chi connectivity index (χ1n) is 4.78. The Bertz CT molecular complexity index is 107. The zero-order valence-electron chi connectivity index (χ0n) is 9.87. The Morgan fingerprint density at radius 3 is 1.00 bits per heavy atom. The fourth-order valence-corrected chi connectivity index (χ4v) is 2.72. The van der Waals surface area contributed by atoms with Crippen molar-refractivity contribution in [2.24, 2.45) is 0 Å². The molecule has 0 aliphatic heterocycles. The molecule has 0 unspecified atom stereocenters. The third-order valence-electron chi connectivity index (χ3n) is 0.996. The molecule has 0 aliphatic carbocycles. The summed E-state index contributed by atoms with van der Waals surface area (Å²) in [6.07, 6.45) is 0.562. The van der Waals surface area contributed by atoms with Gasteiger partial charge < -0.3 is 0 Å². The molecule has 0 saturated heterocycles. The van der Waals surface area contributed by atoms with Crippen LogP contribution >= 0.6 is 12.4 Å². The van der Waals surface area contributed by atoms with Crippen molar-refractivity contribution in [3.8, 4) is 0 Å². The molecule has 3 nitrogen and oxygen atoms in total. The normalized spacial score (nSPS) is 10.9. The van der Waals surface area contributed by atoms with E-state index in [0.717, 1.165) is 0 Å². The zero-order valence-corrected chi connectivity index (χ0v) is 12.2. The molecule has 0 aromatic heterocycles. The van der Waals surface area contributed by atoms with Gasteiger partial charge in [0.05, 0.1) is 0 Å². The van der Waals surface area contributed by atoms with Crippen LogP contribution in [-0.4, -0.2) is 18.3 Å². The van der Waals surface area contributed by atoms with E-state index < -0.39 is 19.0 Å². The molecular formula is C9H22ClO3Ti. The molecule has 87 valence electrons. The first-order chi connectivity index (χ1) is 5.91. The van der Waals surface area contributed by atoms with Crippen LogP contribution in [0.4, 0.5) is 0 Å². The van der Waals surface area contributed by atoms with Crippen LogP contribution in [0.1, 0.15) is 41.5 Å². The van der Waals surface area contributed by atoms with Crippen LogP contribution in [0.2, 0.25) is 0 Å². The molecule has 0 saturated carbocycles. The maximum atomic E-state index is 5.59. The van der Waals surface area contributed by atoms with Crippen molar-refractivity contribution in [2.45, 2.75) is 59.9 Å². The van der Waals surface area contributed by atoms with Crippen molar-refractivity contribution in [2.75, 3.05) is 0 Å². The Labute approximate surface area is 101 Å². The topological polar surface area (TPSA) is 27.7 Å². The molecule has 0 N–H and O–H groups in total. The molecule has 0 heterocycles. The van der Waals surface area contributed by atoms with Crippen LogP contribution in [0.25, 0.3) is 0 Å². The third kappa shape index (κ3) is 11.0. The van der Waals surface area contributed by atoms with E-state index in [-0.39, 0.29) is 30.7 Å². The Balaban J connectivity index is 0. The summed E-state index contributed by atoms with van der Waals surface area (Å²) in [5.41, 5.74) is 0. The second-order valence-electron chi connectivity index (χ2n) is 3.75. The smallest absolute Gasteiger partial charge is 0.147 e. The maximum Gasteiger partial charge on any atom is -0.147 e. The van der Waals surface area contributed by atoms with Crippen molar-refractivity contribution >= 4 is 12.4 Å². The Morgan fingerprint density at radius 1 is 0.643 bits per heavy atom. The standard InChI is InChI=1S/3C3H7O.ClH.Ti/c3*1-3(2)4;;/h3*3H,1-2H3;1H;/q3*-1;;+3. The number of halogens is 1. The molecule has 0 rings (SSSR count). The van der Waals surface area contributed by atoms with E-state index in [1.165, 1.54) is 0 Å². The largest absolute Gasteiger partial charge is 0.147 e. The van der Waals surface area contributed by atoms with Crippen LogP contribution in [0.5, 0.6) is 0 Å². The van der Waals surface area contributed by atoms with Gasteiger partial charge in [0, 0.05) is 0 Å². The molecule has 0 fully saturated rings. The van der Waals surface area contributed by atoms with Crippen LogP contribution in [0.15, 0.2) is 0 Å². The average molecular weight is 262 g/mol. The Morgan fingerprint density at radius 2 is 0.857 bits per heavy atom. The summed E-state index contributed by atoms with van der Waals surface area (Å²) in [6.45, 7) is 12.0. The molecule has 0 spiro atoms. The van der Waals surface area contributed by atoms with Gasteiger partial charge in [0.1, 0.15) is 0 Å². The van der Waals surface area contributed by atoms with Gasteiger partial charge in [-0.2, -0.15) is 0 Å². The molecule has 0 aromatic rings. The molecule has 0 aliphatic rings. The summed E-state index contributed by atoms with van der Waals surface area (Å²) in [5.74, 6) is 0. The second-order valence-corrected chi connectivity index (χ2v) is 5.63. The Kier molecular flexibility index (Phi) is 11.3. The van der Waals surface area contributed by atoms with E-state index in [1.807, 2.05) is 41.5 Å². The van der Waals surface area contributed by atoms with Gasteiger partial charge in [-0.25, -0.2) is 0 Å². The van der Waals surface area contributed by atoms with E-state index in [2.05, 4.69) is 0 Å². The molecule has 0 bridgehead atoms. The Hall–Kier alpha value is 0.884. The maximum absolute atomic E-state index is 5.59. The van der Waals surface area contributed by atoms with E-state index in [4.69, 9.17) is 9.96 Å². The molecule has 0 aromatic carbocycles. The second kappa shape index (κ2) is 9.14. The van der Waals surface area contributed by atoms with E-state index in [1.54, 1.807) is 0 Å². The minimum absolute atomic E-state index is 0. The molecule has 0 atom stereocenters. The minimum atomic E-state index is -2.18. The SMILES string of the molecule is CC(C)[O][Ti]([O]C(C)C)[O]C(C)C.Cl. The van der Waals surface area contributed by atoms with Crippen LogP contribution < -0.4 is 0 Å². The molecule has 14 heavy (non-hydrogen) atoms. The number of hydrogen-bond acceptors (Lipinski definition) is 3. The summed E-state index contributed by atoms with van der Waals surface area (Å²) >= 11 is -2.18. The third-order valence-corrected chi connectivity index (χ3v) is 4.11. The van der Waals surface area contributed by atoms with E-state index in [0.29, 0.717) is 0 Å². The first-order valence-corrected chi connectivity index (χ1v) is 6.70. The van der Waals surface area contributed by atoms with Gasteiger partial charge >= 0.3 is 88.8 Å². The fourth-order valence-electron chi connectivity index (χ4n) is 0.661. The van der Waals surface area contributed by atoms with Crippen LogP contribution in [0.3, 0.4) is 0 Å². The quantitative estimate of drug-likeness (QED) is 0.688. The average Bonchev–Trinajstić information content (AvgIpc) is 1.80. The van der Waals surface area contributed by atoms with Gasteiger partial charge in [-0.05, 0) is 0 Å². The van der Waals surface area contributed by atoms with E-state index in [9.17, 15) is 0 Å². The van der Waals surface area contributed by atoms with Crippen molar-refractivity contribution in [1.29, 1.82) is 0 Å². The molecule has 0 radical (unpaired) electrons. The predicted molar refractivity (Wildman–Crippen MR) is 55.9 cm³/mol. The van der Waals surface area contributed by atoms with Crippen LogP contribution in [-0.2, 0) is 29.0 Å². The first kappa shape index (κ1) is 17.3. The summed E-state index contributed by atoms with van der Waals surface area (Å²) in [6, 6.07) is 0. The minimum Gasteiger partial charge on any atom is -0.147 e. The van der Waals surface area contributed by atoms with Gasteiger partial charge in [0.2, 0.25) is 0 Å². The predicted octanol–water partition coefficient (Wildman–Crippen LogP) is 3.05. The van der Waals surface area contributed by atoms with Crippen molar-refractivity contribution in [3.05, 3.63) is 0 Å². The molecule has 0 amide bonds. The molecular weight excluding hydrogens is 239 g/mol. The van der Waals surface area contributed by atoms with Crippen LogP contribution in [0, 0.1) is 0 Å². The van der Waals surface area contributed by atoms with Gasteiger partial charge in [-0.1, -0.05) is 0 Å². The van der Waals surface area contributed by atoms with Gasteiger partial charge in [0.15, 0.2) is 0 Å². The van der Waals surface area contributed by atoms with Crippen molar-refractivity contribution in [1.82, 2.24) is 0 Å². The summed E-state index contributed by atoms with van der Waals surface area (Å²) in [4.78, 5) is 0. The van der Waals surface area contributed by atoms with Gasteiger partial charge in [-0.15, -0.1) is 12.4 Å². The van der Waals surface area contributed by atoms with Gasteiger partial charge in [-0.3, -0.25) is 0 Å². The van der Waals surface area contributed by atoms with Gasteiger partial charge in [0.25, 0.3) is 0 Å². The fraction of sp³-hybridized carbons (Fsp3) is 1.00. The monoisotopic (exact) mass is 261 g/mol. The summed E-state index contributed by atoms with van der Waals surface area (Å²) in [7, 11) is 0. The summed E-state index contributed by atoms with van der Waals surface area (Å²) < 4.78 is 16.8. The molecule has 5 heteroatoms.